The molecule has 1 aromatic heterocycles. The van der Waals surface area contributed by atoms with Crippen LogP contribution in [0.5, 0.6) is 5.75 Å². The minimum absolute atomic E-state index is 0.0110. The molecule has 0 aliphatic carbocycles. The zero-order valence-electron chi connectivity index (χ0n) is 17.6. The predicted octanol–water partition coefficient (Wildman–Crippen LogP) is 3.26. The number of hydrogen-bond acceptors (Lipinski definition) is 5. The van der Waals surface area contributed by atoms with Crippen LogP contribution in [0.1, 0.15) is 60.4 Å². The molecule has 1 amide bonds. The summed E-state index contributed by atoms with van der Waals surface area (Å²) in [6.07, 6.45) is 5.29. The average Bonchev–Trinajstić information content (AvgIpc) is 2.72. The van der Waals surface area contributed by atoms with Crippen molar-refractivity contribution >= 4 is 5.91 Å². The third kappa shape index (κ3) is 4.42. The number of nitrogens with one attached hydrogen (secondary N) is 1. The highest BCUT2D eigenvalue weighted by atomic mass is 16.5. The smallest absolute Gasteiger partial charge is 0.263 e. The van der Waals surface area contributed by atoms with Gasteiger partial charge in [0, 0.05) is 43.5 Å². The first-order valence-electron chi connectivity index (χ1n) is 10.6. The number of carbonyl (C=O) groups excluding carboxylic acids is 1. The molecule has 1 N–H and O–H groups in total. The van der Waals surface area contributed by atoms with Crippen molar-refractivity contribution in [3.63, 3.8) is 0 Å². The summed E-state index contributed by atoms with van der Waals surface area (Å²) in [5.74, 6) is 1.53. The Kier molecular flexibility index (Phi) is 5.81. The molecule has 0 unspecified atom stereocenters. The lowest BCUT2D eigenvalue weighted by Gasteiger charge is -2.36. The number of aromatic nitrogens is 2. The molecule has 2 aliphatic rings. The van der Waals surface area contributed by atoms with Gasteiger partial charge in [-0.05, 0) is 63.3 Å². The van der Waals surface area contributed by atoms with E-state index < -0.39 is 6.10 Å². The minimum Gasteiger partial charge on any atom is -0.481 e. The highest BCUT2D eigenvalue weighted by Gasteiger charge is 2.33. The van der Waals surface area contributed by atoms with E-state index in [4.69, 9.17) is 9.72 Å². The lowest BCUT2D eigenvalue weighted by molar-refractivity contribution is -0.142. The van der Waals surface area contributed by atoms with E-state index in [1.807, 2.05) is 44.0 Å². The van der Waals surface area contributed by atoms with E-state index in [0.29, 0.717) is 0 Å². The van der Waals surface area contributed by atoms with Gasteiger partial charge in [-0.3, -0.25) is 4.79 Å². The molecule has 1 saturated heterocycles. The van der Waals surface area contributed by atoms with E-state index in [1.54, 1.807) is 0 Å². The molecule has 6 nitrogen and oxygen atoms in total. The average molecular weight is 395 g/mol. The molecule has 154 valence electrons. The fourth-order valence-electron chi connectivity index (χ4n) is 4.36. The number of ether oxygens (including phenoxy) is 1. The van der Waals surface area contributed by atoms with Gasteiger partial charge in [-0.25, -0.2) is 9.97 Å². The van der Waals surface area contributed by atoms with Crippen molar-refractivity contribution in [1.29, 1.82) is 0 Å². The predicted molar refractivity (Wildman–Crippen MR) is 112 cm³/mol. The van der Waals surface area contributed by atoms with Crippen molar-refractivity contribution in [3.05, 3.63) is 52.6 Å². The van der Waals surface area contributed by atoms with E-state index in [9.17, 15) is 4.79 Å². The first-order valence-corrected chi connectivity index (χ1v) is 10.6. The monoisotopic (exact) mass is 394 g/mol. The van der Waals surface area contributed by atoms with Crippen LogP contribution >= 0.6 is 0 Å². The van der Waals surface area contributed by atoms with Crippen molar-refractivity contribution in [2.24, 2.45) is 0 Å². The van der Waals surface area contributed by atoms with Gasteiger partial charge in [-0.2, -0.15) is 0 Å². The highest BCUT2D eigenvalue weighted by Crippen LogP contribution is 2.30. The molecule has 3 heterocycles. The topological polar surface area (TPSA) is 67.3 Å². The quantitative estimate of drug-likeness (QED) is 0.862. The number of fused-ring (bicyclic) bond motifs is 1. The van der Waals surface area contributed by atoms with E-state index in [2.05, 4.69) is 16.4 Å². The largest absolute Gasteiger partial charge is 0.481 e. The van der Waals surface area contributed by atoms with Gasteiger partial charge in [0.25, 0.3) is 5.91 Å². The van der Waals surface area contributed by atoms with E-state index >= 15 is 0 Å². The van der Waals surface area contributed by atoms with Gasteiger partial charge in [0.1, 0.15) is 5.75 Å². The van der Waals surface area contributed by atoms with Crippen LogP contribution in [0.4, 0.5) is 0 Å². The highest BCUT2D eigenvalue weighted by molar-refractivity contribution is 5.81. The van der Waals surface area contributed by atoms with Crippen molar-refractivity contribution in [2.45, 2.75) is 65.1 Å². The third-order valence-corrected chi connectivity index (χ3v) is 5.77. The molecule has 29 heavy (non-hydrogen) atoms. The maximum absolute atomic E-state index is 13.3. The molecule has 6 heteroatoms. The van der Waals surface area contributed by atoms with Gasteiger partial charge in [0.05, 0.1) is 6.04 Å². The number of likely N-dealkylation sites (tertiary alicyclic amines) is 1. The van der Waals surface area contributed by atoms with Crippen molar-refractivity contribution in [1.82, 2.24) is 20.2 Å². The number of benzene rings is 1. The Morgan fingerprint density at radius 2 is 2.03 bits per heavy atom. The van der Waals surface area contributed by atoms with Gasteiger partial charge in [-0.1, -0.05) is 6.07 Å². The minimum atomic E-state index is -0.543. The van der Waals surface area contributed by atoms with Crippen molar-refractivity contribution < 1.29 is 9.53 Å². The Labute approximate surface area is 172 Å². The molecule has 2 atom stereocenters. The number of carbonyl (C=O) groups is 1. The van der Waals surface area contributed by atoms with Crippen LogP contribution in [-0.2, 0) is 17.8 Å². The number of nitrogens with zero attached hydrogens (tertiary/aromatic N) is 3. The van der Waals surface area contributed by atoms with E-state index in [0.717, 1.165) is 73.7 Å². The van der Waals surface area contributed by atoms with E-state index in [-0.39, 0.29) is 11.9 Å². The molecule has 1 aromatic carbocycles. The van der Waals surface area contributed by atoms with Crippen LogP contribution in [-0.4, -0.2) is 40.0 Å². The number of piperidine rings is 1. The number of hydrogen-bond donors (Lipinski definition) is 1. The Morgan fingerprint density at radius 1 is 1.24 bits per heavy atom. The molecule has 0 spiro atoms. The zero-order valence-corrected chi connectivity index (χ0v) is 17.6. The van der Waals surface area contributed by atoms with Gasteiger partial charge < -0.3 is 15.0 Å². The SMILES string of the molecule is Cc1cc(C)cc(O[C@@H](C)C(=O)N2CCCC[C@@H]2c2ncc3c(n2)CCNC3)c1. The fraction of sp³-hybridized carbons (Fsp3) is 0.522. The van der Waals surface area contributed by atoms with Crippen LogP contribution in [0.25, 0.3) is 0 Å². The molecule has 4 rings (SSSR count). The Bertz CT molecular complexity index is 878. The third-order valence-electron chi connectivity index (χ3n) is 5.77. The first-order chi connectivity index (χ1) is 14.0. The normalized spacial score (nSPS) is 20.1. The summed E-state index contributed by atoms with van der Waals surface area (Å²) in [4.78, 5) is 24.7. The maximum atomic E-state index is 13.3. The molecule has 0 radical (unpaired) electrons. The van der Waals surface area contributed by atoms with Crippen molar-refractivity contribution in [3.8, 4) is 5.75 Å². The van der Waals surface area contributed by atoms with Crippen LogP contribution < -0.4 is 10.1 Å². The second kappa shape index (κ2) is 8.49. The van der Waals surface area contributed by atoms with Crippen LogP contribution in [0.2, 0.25) is 0 Å². The molecular weight excluding hydrogens is 364 g/mol. The summed E-state index contributed by atoms with van der Waals surface area (Å²) in [5, 5.41) is 3.35. The molecule has 2 aromatic rings. The molecule has 1 fully saturated rings. The molecule has 2 aliphatic heterocycles. The standard InChI is InChI=1S/C23H30N4O2/c1-15-10-16(2)12-19(11-15)29-17(3)23(28)27-9-5-4-6-21(27)22-25-14-18-13-24-8-7-20(18)26-22/h10-12,14,17,21,24H,4-9,13H2,1-3H3/t17-,21+/m0/s1. The Morgan fingerprint density at radius 3 is 2.83 bits per heavy atom. The van der Waals surface area contributed by atoms with Gasteiger partial charge >= 0.3 is 0 Å². The lowest BCUT2D eigenvalue weighted by Crippen LogP contribution is -2.45. The zero-order chi connectivity index (χ0) is 20.4. The summed E-state index contributed by atoms with van der Waals surface area (Å²) in [5.41, 5.74) is 4.55. The number of rotatable bonds is 4. The molecule has 0 saturated carbocycles. The van der Waals surface area contributed by atoms with Gasteiger partial charge in [0.2, 0.25) is 0 Å². The van der Waals surface area contributed by atoms with Gasteiger partial charge in [-0.15, -0.1) is 0 Å². The summed E-state index contributed by atoms with van der Waals surface area (Å²) in [6.45, 7) is 8.41. The van der Waals surface area contributed by atoms with E-state index in [1.165, 1.54) is 5.56 Å². The van der Waals surface area contributed by atoms with Crippen LogP contribution in [0, 0.1) is 13.8 Å². The maximum Gasteiger partial charge on any atom is 0.263 e. The second-order valence-electron chi connectivity index (χ2n) is 8.25. The summed E-state index contributed by atoms with van der Waals surface area (Å²) < 4.78 is 6.03. The number of aryl methyl sites for hydroxylation is 2. The summed E-state index contributed by atoms with van der Waals surface area (Å²) >= 11 is 0. The fourth-order valence-corrected chi connectivity index (χ4v) is 4.36. The Hall–Kier alpha value is -2.47. The van der Waals surface area contributed by atoms with Crippen LogP contribution in [0.3, 0.4) is 0 Å². The second-order valence-corrected chi connectivity index (χ2v) is 8.25. The molecular formula is C23H30N4O2. The molecule has 0 bridgehead atoms. The Balaban J connectivity index is 1.52. The summed E-state index contributed by atoms with van der Waals surface area (Å²) in [6, 6.07) is 5.99. The lowest BCUT2D eigenvalue weighted by atomic mass is 10.00. The van der Waals surface area contributed by atoms with Gasteiger partial charge in [0.15, 0.2) is 11.9 Å². The first kappa shape index (κ1) is 19.8. The summed E-state index contributed by atoms with van der Waals surface area (Å²) in [7, 11) is 0. The number of amides is 1. The van der Waals surface area contributed by atoms with Crippen LogP contribution in [0.15, 0.2) is 24.4 Å². The van der Waals surface area contributed by atoms with Crippen molar-refractivity contribution in [2.75, 3.05) is 13.1 Å².